The Morgan fingerprint density at radius 1 is 1.30 bits per heavy atom. The smallest absolute Gasteiger partial charge is 0.269 e. The minimum atomic E-state index is -2.59. The number of rotatable bonds is 4. The number of halogens is 2. The van der Waals surface area contributed by atoms with E-state index in [9.17, 15) is 8.78 Å². The lowest BCUT2D eigenvalue weighted by molar-refractivity contribution is 0.0722. The van der Waals surface area contributed by atoms with E-state index >= 15 is 0 Å². The summed E-state index contributed by atoms with van der Waals surface area (Å²) < 4.78 is 28.3. The molecule has 0 bridgehead atoms. The van der Waals surface area contributed by atoms with Crippen LogP contribution in [0.5, 0.6) is 0 Å². The van der Waals surface area contributed by atoms with Gasteiger partial charge in [-0.25, -0.2) is 9.97 Å². The topological polar surface area (TPSA) is 30.7 Å². The zero-order valence-electron chi connectivity index (χ0n) is 10.6. The van der Waals surface area contributed by atoms with E-state index in [4.69, 9.17) is 0 Å². The van der Waals surface area contributed by atoms with Gasteiger partial charge in [0, 0.05) is 11.1 Å². The fourth-order valence-corrected chi connectivity index (χ4v) is 3.72. The molecular weight excluding hydrogens is 300 g/mol. The van der Waals surface area contributed by atoms with E-state index in [0.29, 0.717) is 22.6 Å². The molecule has 0 unspecified atom stereocenters. The third kappa shape index (κ3) is 2.55. The Labute approximate surface area is 122 Å². The number of hydrogen-bond donors (Lipinski definition) is 0. The summed E-state index contributed by atoms with van der Waals surface area (Å²) in [5, 5.41) is 1.94. The molecule has 0 aliphatic carbocycles. The van der Waals surface area contributed by atoms with Gasteiger partial charge in [0.1, 0.15) is 5.82 Å². The van der Waals surface area contributed by atoms with Crippen molar-refractivity contribution in [2.24, 2.45) is 0 Å². The van der Waals surface area contributed by atoms with Crippen LogP contribution in [0.1, 0.15) is 18.1 Å². The van der Waals surface area contributed by atoms with Crippen molar-refractivity contribution in [2.45, 2.75) is 23.6 Å². The van der Waals surface area contributed by atoms with Crippen LogP contribution >= 0.6 is 23.1 Å². The molecule has 0 N–H and O–H groups in total. The highest BCUT2D eigenvalue weighted by molar-refractivity contribution is 8.00. The van der Waals surface area contributed by atoms with Crippen molar-refractivity contribution in [3.63, 3.8) is 0 Å². The highest BCUT2D eigenvalue weighted by atomic mass is 32.2. The molecule has 3 nitrogen and oxygen atoms in total. The molecule has 0 spiro atoms. The van der Waals surface area contributed by atoms with Crippen molar-refractivity contribution in [2.75, 3.05) is 0 Å². The molecular formula is C13H11F2N3S2. The maximum Gasteiger partial charge on any atom is 0.320 e. The van der Waals surface area contributed by atoms with Gasteiger partial charge >= 0.3 is 6.55 Å². The van der Waals surface area contributed by atoms with Crippen molar-refractivity contribution >= 4 is 34.1 Å². The summed E-state index contributed by atoms with van der Waals surface area (Å²) in [4.78, 5) is 8.61. The fraction of sp³-hybridized carbons (Fsp3) is 0.231. The van der Waals surface area contributed by atoms with Gasteiger partial charge < -0.3 is 0 Å². The van der Waals surface area contributed by atoms with E-state index in [0.717, 1.165) is 14.6 Å². The molecule has 3 aromatic rings. The Bertz CT molecular complexity index is 736. The second kappa shape index (κ2) is 5.49. The minimum Gasteiger partial charge on any atom is -0.269 e. The SMILES string of the molecule is Cc1csc(SCc2nc3ccccc3n2C(F)F)n1. The molecule has 0 amide bonds. The molecule has 0 atom stereocenters. The van der Waals surface area contributed by atoms with Gasteiger partial charge in [0.05, 0.1) is 16.8 Å². The number of benzene rings is 1. The number of aryl methyl sites for hydroxylation is 1. The van der Waals surface area contributed by atoms with E-state index in [1.54, 1.807) is 24.3 Å². The number of hydrogen-bond acceptors (Lipinski definition) is 4. The molecule has 1 aromatic carbocycles. The number of nitrogens with zero attached hydrogens (tertiary/aromatic N) is 3. The molecule has 0 saturated heterocycles. The number of alkyl halides is 2. The number of para-hydroxylation sites is 2. The van der Waals surface area contributed by atoms with Gasteiger partial charge in [0.2, 0.25) is 0 Å². The zero-order chi connectivity index (χ0) is 14.1. The summed E-state index contributed by atoms with van der Waals surface area (Å²) in [6.45, 7) is -0.675. The van der Waals surface area contributed by atoms with Crippen LogP contribution in [0, 0.1) is 6.92 Å². The number of imidazole rings is 1. The molecule has 0 radical (unpaired) electrons. The lowest BCUT2D eigenvalue weighted by Crippen LogP contribution is -2.03. The van der Waals surface area contributed by atoms with Crippen molar-refractivity contribution in [1.29, 1.82) is 0 Å². The second-order valence-electron chi connectivity index (χ2n) is 4.21. The number of thioether (sulfide) groups is 1. The first-order valence-electron chi connectivity index (χ1n) is 5.94. The average Bonchev–Trinajstić information content (AvgIpc) is 2.99. The Balaban J connectivity index is 1.92. The zero-order valence-corrected chi connectivity index (χ0v) is 12.2. The summed E-state index contributed by atoms with van der Waals surface area (Å²) in [6, 6.07) is 6.95. The molecule has 2 heterocycles. The number of fused-ring (bicyclic) bond motifs is 1. The van der Waals surface area contributed by atoms with E-state index < -0.39 is 6.55 Å². The first-order valence-corrected chi connectivity index (χ1v) is 7.80. The number of thiazole rings is 1. The number of aromatic nitrogens is 3. The minimum absolute atomic E-state index is 0.374. The summed E-state index contributed by atoms with van der Waals surface area (Å²) in [5.74, 6) is 0.755. The van der Waals surface area contributed by atoms with Crippen LogP contribution in [0.25, 0.3) is 11.0 Å². The lowest BCUT2D eigenvalue weighted by atomic mass is 10.3. The summed E-state index contributed by atoms with van der Waals surface area (Å²) in [7, 11) is 0. The van der Waals surface area contributed by atoms with Crippen LogP contribution in [-0.4, -0.2) is 14.5 Å². The molecule has 2 aromatic heterocycles. The maximum absolute atomic E-state index is 13.2. The normalized spacial score (nSPS) is 11.6. The van der Waals surface area contributed by atoms with Gasteiger partial charge in [-0.2, -0.15) is 8.78 Å². The Kier molecular flexibility index (Phi) is 3.71. The first-order chi connectivity index (χ1) is 9.65. The maximum atomic E-state index is 13.2. The first kappa shape index (κ1) is 13.5. The molecule has 20 heavy (non-hydrogen) atoms. The predicted molar refractivity (Wildman–Crippen MR) is 77.4 cm³/mol. The summed E-state index contributed by atoms with van der Waals surface area (Å²) in [6.07, 6.45) is 0. The summed E-state index contributed by atoms with van der Waals surface area (Å²) >= 11 is 2.95. The standard InChI is InChI=1S/C13H11F2N3S2/c1-8-6-19-13(16-8)20-7-11-17-9-4-2-3-5-10(9)18(11)12(14)15/h2-6,12H,7H2,1H3. The van der Waals surface area contributed by atoms with Gasteiger partial charge in [-0.05, 0) is 19.1 Å². The van der Waals surface area contributed by atoms with Crippen molar-refractivity contribution in [3.8, 4) is 0 Å². The van der Waals surface area contributed by atoms with Crippen LogP contribution < -0.4 is 0 Å². The Morgan fingerprint density at radius 2 is 2.10 bits per heavy atom. The van der Waals surface area contributed by atoms with Gasteiger partial charge in [-0.3, -0.25) is 4.57 Å². The Morgan fingerprint density at radius 3 is 2.80 bits per heavy atom. The molecule has 104 valence electrons. The van der Waals surface area contributed by atoms with E-state index in [1.165, 1.54) is 23.1 Å². The average molecular weight is 311 g/mol. The van der Waals surface area contributed by atoms with Crippen LogP contribution in [0.3, 0.4) is 0 Å². The third-order valence-corrected chi connectivity index (χ3v) is 4.92. The molecule has 0 saturated carbocycles. The van der Waals surface area contributed by atoms with Gasteiger partial charge in [-0.1, -0.05) is 23.9 Å². The molecule has 0 fully saturated rings. The Hall–Kier alpha value is -1.47. The van der Waals surface area contributed by atoms with Crippen LogP contribution in [0.4, 0.5) is 8.78 Å². The highest BCUT2D eigenvalue weighted by Gasteiger charge is 2.17. The van der Waals surface area contributed by atoms with E-state index in [-0.39, 0.29) is 0 Å². The monoisotopic (exact) mass is 311 g/mol. The van der Waals surface area contributed by atoms with Crippen molar-refractivity contribution in [1.82, 2.24) is 14.5 Å². The molecule has 7 heteroatoms. The van der Waals surface area contributed by atoms with Crippen molar-refractivity contribution < 1.29 is 8.78 Å². The largest absolute Gasteiger partial charge is 0.320 e. The second-order valence-corrected chi connectivity index (χ2v) is 6.29. The van der Waals surface area contributed by atoms with Crippen LogP contribution in [0.2, 0.25) is 0 Å². The molecule has 0 aliphatic rings. The fourth-order valence-electron chi connectivity index (χ4n) is 1.94. The highest BCUT2D eigenvalue weighted by Crippen LogP contribution is 2.29. The third-order valence-electron chi connectivity index (χ3n) is 2.79. The van der Waals surface area contributed by atoms with Crippen molar-refractivity contribution in [3.05, 3.63) is 41.2 Å². The van der Waals surface area contributed by atoms with Crippen LogP contribution in [-0.2, 0) is 5.75 Å². The molecule has 0 aliphatic heterocycles. The lowest BCUT2D eigenvalue weighted by Gasteiger charge is -2.06. The van der Waals surface area contributed by atoms with Gasteiger partial charge in [-0.15, -0.1) is 11.3 Å². The quantitative estimate of drug-likeness (QED) is 0.665. The predicted octanol–water partition coefficient (Wildman–Crippen LogP) is 4.49. The molecule has 3 rings (SSSR count). The van der Waals surface area contributed by atoms with Gasteiger partial charge in [0.15, 0.2) is 4.34 Å². The van der Waals surface area contributed by atoms with E-state index in [1.807, 2.05) is 12.3 Å². The summed E-state index contributed by atoms with van der Waals surface area (Å²) in [5.41, 5.74) is 2.01. The van der Waals surface area contributed by atoms with Crippen LogP contribution in [0.15, 0.2) is 34.0 Å². The van der Waals surface area contributed by atoms with Gasteiger partial charge in [0.25, 0.3) is 0 Å². The van der Waals surface area contributed by atoms with E-state index in [2.05, 4.69) is 9.97 Å².